The van der Waals surface area contributed by atoms with Crippen LogP contribution in [0.3, 0.4) is 0 Å². The lowest BCUT2D eigenvalue weighted by atomic mass is 9.92. The van der Waals surface area contributed by atoms with Crippen LogP contribution in [0.2, 0.25) is 0 Å². The number of aliphatic imine (C=N–C) groups is 1. The Hall–Kier alpha value is -5.37. The van der Waals surface area contributed by atoms with Gasteiger partial charge in [0.2, 0.25) is 0 Å². The zero-order valence-electron chi connectivity index (χ0n) is 23.8. The third-order valence-electron chi connectivity index (χ3n) is 6.45. The first-order valence-corrected chi connectivity index (χ1v) is 13.5. The molecule has 4 rings (SSSR count). The van der Waals surface area contributed by atoms with Gasteiger partial charge in [-0.1, -0.05) is 38.1 Å². The number of amides is 1. The SMILES string of the molecule is C=N/C=C\C(=C/C)NCc1ccc(-c2cc(C(=O)O)c(NC(=O)c3ccc(Oc4ccccc4)cc3)cc2C(C)C)o1. The topological polar surface area (TPSA) is 113 Å². The Kier molecular flexibility index (Phi) is 9.73. The number of nitrogens with one attached hydrogen (secondary N) is 2. The number of carbonyl (C=O) groups excluding carboxylic acids is 1. The molecule has 8 heteroatoms. The molecular formula is C34H33N3O5. The molecule has 0 radical (unpaired) electrons. The third kappa shape index (κ3) is 7.42. The molecule has 42 heavy (non-hydrogen) atoms. The highest BCUT2D eigenvalue weighted by atomic mass is 16.5. The van der Waals surface area contributed by atoms with E-state index >= 15 is 0 Å². The number of anilines is 1. The lowest BCUT2D eigenvalue weighted by molar-refractivity contribution is 0.0698. The zero-order chi connectivity index (χ0) is 30.1. The minimum absolute atomic E-state index is 0.0192. The van der Waals surface area contributed by atoms with E-state index in [4.69, 9.17) is 9.15 Å². The van der Waals surface area contributed by atoms with Crippen molar-refractivity contribution in [3.05, 3.63) is 125 Å². The van der Waals surface area contributed by atoms with Gasteiger partial charge in [-0.25, -0.2) is 4.79 Å². The number of hydrogen-bond donors (Lipinski definition) is 3. The molecule has 0 fully saturated rings. The molecule has 8 nitrogen and oxygen atoms in total. The summed E-state index contributed by atoms with van der Waals surface area (Å²) in [6.07, 6.45) is 5.29. The van der Waals surface area contributed by atoms with Crippen molar-refractivity contribution in [2.45, 2.75) is 33.2 Å². The van der Waals surface area contributed by atoms with Crippen molar-refractivity contribution >= 4 is 24.3 Å². The number of carboxylic acid groups (broad SMARTS) is 1. The maximum absolute atomic E-state index is 13.1. The molecule has 0 atom stereocenters. The summed E-state index contributed by atoms with van der Waals surface area (Å²) in [6, 6.07) is 22.9. The monoisotopic (exact) mass is 563 g/mol. The number of rotatable bonds is 12. The van der Waals surface area contributed by atoms with Crippen LogP contribution in [0.1, 0.15) is 58.7 Å². The average molecular weight is 564 g/mol. The summed E-state index contributed by atoms with van der Waals surface area (Å²) in [7, 11) is 0. The molecule has 0 unspecified atom stereocenters. The normalized spacial score (nSPS) is 11.5. The van der Waals surface area contributed by atoms with Crippen LogP contribution in [-0.2, 0) is 6.54 Å². The third-order valence-corrected chi connectivity index (χ3v) is 6.45. The van der Waals surface area contributed by atoms with Gasteiger partial charge in [-0.2, -0.15) is 0 Å². The largest absolute Gasteiger partial charge is 0.478 e. The van der Waals surface area contributed by atoms with Crippen molar-refractivity contribution in [2.75, 3.05) is 5.32 Å². The second-order valence-corrected chi connectivity index (χ2v) is 9.70. The molecule has 0 aliphatic rings. The van der Waals surface area contributed by atoms with Crippen LogP contribution in [0, 0.1) is 0 Å². The molecule has 4 aromatic rings. The Morgan fingerprint density at radius 1 is 1.02 bits per heavy atom. The maximum atomic E-state index is 13.1. The van der Waals surface area contributed by atoms with Gasteiger partial charge in [0.1, 0.15) is 23.0 Å². The zero-order valence-corrected chi connectivity index (χ0v) is 23.8. The van der Waals surface area contributed by atoms with Gasteiger partial charge in [-0.05, 0) is 91.9 Å². The minimum Gasteiger partial charge on any atom is -0.478 e. The summed E-state index contributed by atoms with van der Waals surface area (Å²) in [5, 5.41) is 16.1. The van der Waals surface area contributed by atoms with Crippen molar-refractivity contribution in [2.24, 2.45) is 4.99 Å². The number of nitrogens with zero attached hydrogens (tertiary/aromatic N) is 1. The Balaban J connectivity index is 1.56. The predicted molar refractivity (Wildman–Crippen MR) is 165 cm³/mol. The van der Waals surface area contributed by atoms with Crippen molar-refractivity contribution < 1.29 is 23.8 Å². The molecule has 0 saturated heterocycles. The fourth-order valence-corrected chi connectivity index (χ4v) is 4.28. The fraction of sp³-hybridized carbons (Fsp3) is 0.147. The summed E-state index contributed by atoms with van der Waals surface area (Å²) >= 11 is 0. The van der Waals surface area contributed by atoms with Crippen molar-refractivity contribution in [3.63, 3.8) is 0 Å². The van der Waals surface area contributed by atoms with Crippen LogP contribution < -0.4 is 15.4 Å². The first kappa shape index (κ1) is 29.6. The number of carboxylic acids is 1. The minimum atomic E-state index is -1.16. The number of furan rings is 1. The van der Waals surface area contributed by atoms with E-state index in [1.807, 2.05) is 69.3 Å². The highest BCUT2D eigenvalue weighted by Gasteiger charge is 2.21. The Bertz CT molecular complexity index is 1620. The van der Waals surface area contributed by atoms with Crippen LogP contribution in [0.15, 0.2) is 112 Å². The highest BCUT2D eigenvalue weighted by Crippen LogP contribution is 2.35. The summed E-state index contributed by atoms with van der Waals surface area (Å²) in [4.78, 5) is 29.1. The average Bonchev–Trinajstić information content (AvgIpc) is 3.46. The van der Waals surface area contributed by atoms with Gasteiger partial charge in [0.05, 0.1) is 17.8 Å². The van der Waals surface area contributed by atoms with Gasteiger partial charge >= 0.3 is 5.97 Å². The Morgan fingerprint density at radius 2 is 1.74 bits per heavy atom. The molecule has 3 N–H and O–H groups in total. The molecule has 0 aliphatic carbocycles. The van der Waals surface area contributed by atoms with Crippen LogP contribution in [0.5, 0.6) is 11.5 Å². The van der Waals surface area contributed by atoms with Gasteiger partial charge in [0.25, 0.3) is 5.91 Å². The molecule has 0 spiro atoms. The van der Waals surface area contributed by atoms with Crippen molar-refractivity contribution in [1.29, 1.82) is 0 Å². The standard InChI is InChI=1S/C34H33N3O5/c1-5-24(17-18-35-4)36-21-27-15-16-32(42-27)29-19-30(34(39)40)31(20-28(29)22(2)3)37-33(38)23-11-13-26(14-12-23)41-25-9-7-6-8-10-25/h5-20,22,36H,4,21H2,1-3H3,(H,37,38)(H,39,40)/b18-17-,24-5+. The second-order valence-electron chi connectivity index (χ2n) is 9.70. The highest BCUT2D eigenvalue weighted by molar-refractivity contribution is 6.08. The fourth-order valence-electron chi connectivity index (χ4n) is 4.28. The summed E-state index contributed by atoms with van der Waals surface area (Å²) < 4.78 is 11.9. The molecule has 1 aromatic heterocycles. The molecule has 0 bridgehead atoms. The number of allylic oxidation sites excluding steroid dienone is 2. The summed E-state index contributed by atoms with van der Waals surface area (Å²) in [5.74, 6) is 0.896. The quantitative estimate of drug-likeness (QED) is 0.119. The summed E-state index contributed by atoms with van der Waals surface area (Å²) in [5.41, 5.74) is 2.87. The molecule has 0 aliphatic heterocycles. The van der Waals surface area contributed by atoms with E-state index in [1.165, 1.54) is 0 Å². The van der Waals surface area contributed by atoms with Gasteiger partial charge in [-0.15, -0.1) is 0 Å². The molecular weight excluding hydrogens is 530 g/mol. The maximum Gasteiger partial charge on any atom is 0.337 e. The number of para-hydroxylation sites is 1. The van der Waals surface area contributed by atoms with E-state index < -0.39 is 11.9 Å². The van der Waals surface area contributed by atoms with E-state index in [9.17, 15) is 14.7 Å². The number of benzene rings is 3. The van der Waals surface area contributed by atoms with Gasteiger partial charge in [0.15, 0.2) is 0 Å². The van der Waals surface area contributed by atoms with Gasteiger partial charge in [0, 0.05) is 23.0 Å². The van der Waals surface area contributed by atoms with E-state index in [-0.39, 0.29) is 17.2 Å². The number of carbonyl (C=O) groups is 2. The van der Waals surface area contributed by atoms with Gasteiger partial charge in [-0.3, -0.25) is 9.79 Å². The lowest BCUT2D eigenvalue weighted by Gasteiger charge is -2.17. The molecule has 3 aromatic carbocycles. The lowest BCUT2D eigenvalue weighted by Crippen LogP contribution is -2.15. The van der Waals surface area contributed by atoms with Crippen LogP contribution in [0.4, 0.5) is 5.69 Å². The number of ether oxygens (including phenoxy) is 1. The first-order valence-electron chi connectivity index (χ1n) is 13.5. The van der Waals surface area contributed by atoms with E-state index in [0.29, 0.717) is 40.7 Å². The first-order chi connectivity index (χ1) is 20.3. The van der Waals surface area contributed by atoms with E-state index in [2.05, 4.69) is 22.3 Å². The Labute approximate surface area is 245 Å². The van der Waals surface area contributed by atoms with Crippen LogP contribution >= 0.6 is 0 Å². The predicted octanol–water partition coefficient (Wildman–Crippen LogP) is 8.02. The molecule has 0 saturated carbocycles. The van der Waals surface area contributed by atoms with Crippen molar-refractivity contribution in [1.82, 2.24) is 5.32 Å². The van der Waals surface area contributed by atoms with E-state index in [1.54, 1.807) is 48.7 Å². The van der Waals surface area contributed by atoms with Crippen molar-refractivity contribution in [3.8, 4) is 22.8 Å². The van der Waals surface area contributed by atoms with Crippen LogP contribution in [-0.4, -0.2) is 23.7 Å². The van der Waals surface area contributed by atoms with Crippen LogP contribution in [0.25, 0.3) is 11.3 Å². The Morgan fingerprint density at radius 3 is 2.38 bits per heavy atom. The van der Waals surface area contributed by atoms with Gasteiger partial charge < -0.3 is 24.9 Å². The van der Waals surface area contributed by atoms with E-state index in [0.717, 1.165) is 11.3 Å². The second kappa shape index (κ2) is 13.8. The molecule has 1 amide bonds. The number of hydrogen-bond acceptors (Lipinski definition) is 6. The summed E-state index contributed by atoms with van der Waals surface area (Å²) in [6.45, 7) is 9.77. The molecule has 1 heterocycles. The number of aromatic carboxylic acids is 1. The smallest absolute Gasteiger partial charge is 0.337 e. The molecule has 214 valence electrons.